The molecular formula is C16H25F2N5O. The molecule has 6 nitrogen and oxygen atoms in total. The maximum atomic E-state index is 12.8. The molecule has 2 fully saturated rings. The van der Waals surface area contributed by atoms with E-state index in [2.05, 4.69) is 20.1 Å². The summed E-state index contributed by atoms with van der Waals surface area (Å²) >= 11 is 0. The number of nitrogens with one attached hydrogen (secondary N) is 1. The Morgan fingerprint density at radius 1 is 1.29 bits per heavy atom. The van der Waals surface area contributed by atoms with Crippen molar-refractivity contribution in [3.63, 3.8) is 0 Å². The number of carbonyl (C=O) groups excluding carboxylic acids is 1. The molecule has 0 radical (unpaired) electrons. The minimum absolute atomic E-state index is 0.120. The number of piperazine rings is 1. The predicted molar refractivity (Wildman–Crippen MR) is 85.5 cm³/mol. The molecule has 2 heterocycles. The monoisotopic (exact) mass is 341 g/mol. The van der Waals surface area contributed by atoms with Crippen molar-refractivity contribution in [1.29, 1.82) is 0 Å². The summed E-state index contributed by atoms with van der Waals surface area (Å²) < 4.78 is 26.6. The van der Waals surface area contributed by atoms with Gasteiger partial charge in [0, 0.05) is 57.1 Å². The summed E-state index contributed by atoms with van der Waals surface area (Å²) in [5.41, 5.74) is -0.120. The van der Waals surface area contributed by atoms with E-state index in [1.165, 1.54) is 12.4 Å². The summed E-state index contributed by atoms with van der Waals surface area (Å²) in [7, 11) is 0. The van der Waals surface area contributed by atoms with Gasteiger partial charge in [0.15, 0.2) is 0 Å². The number of rotatable bonds is 7. The van der Waals surface area contributed by atoms with Gasteiger partial charge in [0.1, 0.15) is 5.82 Å². The van der Waals surface area contributed by atoms with E-state index in [9.17, 15) is 13.6 Å². The third-order valence-electron chi connectivity index (χ3n) is 5.05. The zero-order valence-electron chi connectivity index (χ0n) is 14.0. The highest BCUT2D eigenvalue weighted by molar-refractivity contribution is 5.84. The van der Waals surface area contributed by atoms with Crippen LogP contribution in [0.25, 0.3) is 0 Å². The van der Waals surface area contributed by atoms with Gasteiger partial charge in [-0.05, 0) is 12.8 Å². The topological polar surface area (TPSA) is 53.4 Å². The lowest BCUT2D eigenvalue weighted by Crippen LogP contribution is -2.48. The maximum absolute atomic E-state index is 12.8. The Kier molecular flexibility index (Phi) is 5.15. The average molecular weight is 341 g/mol. The minimum atomic E-state index is -2.54. The van der Waals surface area contributed by atoms with Crippen LogP contribution in [0.1, 0.15) is 32.1 Å². The van der Waals surface area contributed by atoms with Crippen LogP contribution < -0.4 is 5.32 Å². The number of carbonyl (C=O) groups is 1. The molecule has 0 aromatic carbocycles. The summed E-state index contributed by atoms with van der Waals surface area (Å²) in [5, 5.41) is 3.01. The molecule has 1 saturated heterocycles. The Morgan fingerprint density at radius 2 is 1.96 bits per heavy atom. The van der Waals surface area contributed by atoms with Crippen LogP contribution in [-0.4, -0.2) is 64.5 Å². The lowest BCUT2D eigenvalue weighted by atomic mass is 10.1. The fourth-order valence-corrected chi connectivity index (χ4v) is 2.97. The minimum Gasteiger partial charge on any atom is -0.354 e. The van der Waals surface area contributed by atoms with Crippen LogP contribution in [0.4, 0.5) is 8.78 Å². The van der Waals surface area contributed by atoms with Crippen LogP contribution >= 0.6 is 0 Å². The summed E-state index contributed by atoms with van der Waals surface area (Å²) in [5.74, 6) is 0.573. The van der Waals surface area contributed by atoms with Gasteiger partial charge in [-0.3, -0.25) is 19.2 Å². The van der Waals surface area contributed by atoms with E-state index in [0.29, 0.717) is 18.9 Å². The van der Waals surface area contributed by atoms with Crippen molar-refractivity contribution < 1.29 is 13.6 Å². The van der Waals surface area contributed by atoms with Crippen molar-refractivity contribution in [2.24, 2.45) is 5.41 Å². The Morgan fingerprint density at radius 3 is 2.58 bits per heavy atom. The highest BCUT2D eigenvalue weighted by Crippen LogP contribution is 2.44. The SMILES string of the molecule is CC1(C(=O)NCCN2CCN(Cc3nccn3C(F)F)CC2)CC1. The highest BCUT2D eigenvalue weighted by Gasteiger charge is 2.44. The van der Waals surface area contributed by atoms with Crippen molar-refractivity contribution in [2.45, 2.75) is 32.9 Å². The molecule has 1 aliphatic heterocycles. The average Bonchev–Trinajstić information content (AvgIpc) is 3.14. The number of hydrogen-bond acceptors (Lipinski definition) is 4. The fourth-order valence-electron chi connectivity index (χ4n) is 2.97. The van der Waals surface area contributed by atoms with Crippen LogP contribution in [0.5, 0.6) is 0 Å². The Bertz CT molecular complexity index is 565. The van der Waals surface area contributed by atoms with Gasteiger partial charge in [-0.25, -0.2) is 4.98 Å². The van der Waals surface area contributed by atoms with Crippen molar-refractivity contribution in [1.82, 2.24) is 24.7 Å². The lowest BCUT2D eigenvalue weighted by Gasteiger charge is -2.34. The highest BCUT2D eigenvalue weighted by atomic mass is 19.3. The number of nitrogens with zero attached hydrogens (tertiary/aromatic N) is 4. The molecule has 3 rings (SSSR count). The Labute approximate surface area is 140 Å². The number of hydrogen-bond donors (Lipinski definition) is 1. The molecule has 0 bridgehead atoms. The quantitative estimate of drug-likeness (QED) is 0.813. The first-order chi connectivity index (χ1) is 11.5. The van der Waals surface area contributed by atoms with Gasteiger partial charge >= 0.3 is 6.55 Å². The van der Waals surface area contributed by atoms with Gasteiger partial charge in [-0.15, -0.1) is 0 Å². The molecule has 1 saturated carbocycles. The predicted octanol–water partition coefficient (Wildman–Crippen LogP) is 1.31. The van der Waals surface area contributed by atoms with Crippen molar-refractivity contribution in [3.8, 4) is 0 Å². The van der Waals surface area contributed by atoms with Crippen LogP contribution in [0, 0.1) is 5.41 Å². The second kappa shape index (κ2) is 7.14. The van der Waals surface area contributed by atoms with Gasteiger partial charge in [0.25, 0.3) is 0 Å². The Hall–Kier alpha value is -1.54. The van der Waals surface area contributed by atoms with E-state index in [1.807, 2.05) is 6.92 Å². The van der Waals surface area contributed by atoms with E-state index in [0.717, 1.165) is 50.1 Å². The van der Waals surface area contributed by atoms with Crippen molar-refractivity contribution >= 4 is 5.91 Å². The van der Waals surface area contributed by atoms with E-state index >= 15 is 0 Å². The summed E-state index contributed by atoms with van der Waals surface area (Å²) in [6.07, 6.45) is 4.72. The normalized spacial score (nSPS) is 21.2. The second-order valence-corrected chi connectivity index (χ2v) is 6.96. The molecule has 1 aromatic heterocycles. The number of alkyl halides is 2. The third kappa shape index (κ3) is 4.10. The zero-order chi connectivity index (χ0) is 17.2. The molecule has 2 aliphatic rings. The molecular weight excluding hydrogens is 316 g/mol. The first-order valence-electron chi connectivity index (χ1n) is 8.51. The van der Waals surface area contributed by atoms with Crippen LogP contribution in [-0.2, 0) is 11.3 Å². The van der Waals surface area contributed by atoms with Gasteiger partial charge in [0.2, 0.25) is 5.91 Å². The van der Waals surface area contributed by atoms with E-state index in [4.69, 9.17) is 0 Å². The van der Waals surface area contributed by atoms with Crippen LogP contribution in [0.15, 0.2) is 12.4 Å². The molecule has 0 spiro atoms. The van der Waals surface area contributed by atoms with Gasteiger partial charge < -0.3 is 5.32 Å². The molecule has 1 aromatic rings. The number of aromatic nitrogens is 2. The maximum Gasteiger partial charge on any atom is 0.319 e. The first-order valence-corrected chi connectivity index (χ1v) is 8.51. The summed E-state index contributed by atoms with van der Waals surface area (Å²) in [6, 6.07) is 0. The van der Waals surface area contributed by atoms with Crippen LogP contribution in [0.2, 0.25) is 0 Å². The fraction of sp³-hybridized carbons (Fsp3) is 0.750. The number of halogens is 2. The second-order valence-electron chi connectivity index (χ2n) is 6.96. The molecule has 0 atom stereocenters. The van der Waals surface area contributed by atoms with E-state index in [-0.39, 0.29) is 11.3 Å². The molecule has 134 valence electrons. The van der Waals surface area contributed by atoms with E-state index < -0.39 is 6.55 Å². The van der Waals surface area contributed by atoms with Crippen molar-refractivity contribution in [2.75, 3.05) is 39.3 Å². The van der Waals surface area contributed by atoms with E-state index in [1.54, 1.807) is 0 Å². The number of amides is 1. The molecule has 0 unspecified atom stereocenters. The molecule has 1 N–H and O–H groups in total. The van der Waals surface area contributed by atoms with Gasteiger partial charge in [-0.1, -0.05) is 6.92 Å². The lowest BCUT2D eigenvalue weighted by molar-refractivity contribution is -0.125. The van der Waals surface area contributed by atoms with Gasteiger partial charge in [0.05, 0.1) is 6.54 Å². The molecule has 24 heavy (non-hydrogen) atoms. The molecule has 1 aliphatic carbocycles. The Balaban J connectivity index is 1.36. The first kappa shape index (κ1) is 17.3. The number of imidazole rings is 1. The van der Waals surface area contributed by atoms with Crippen LogP contribution in [0.3, 0.4) is 0 Å². The summed E-state index contributed by atoms with van der Waals surface area (Å²) in [6.45, 7) is 4.81. The molecule has 8 heteroatoms. The standard InChI is InChI=1S/C16H25F2N5O/c1-16(2-3-16)14(24)20-4-6-21-8-10-22(11-9-21)12-13-19-5-7-23(13)15(17)18/h5,7,15H,2-4,6,8-12H2,1H3,(H,20,24). The smallest absolute Gasteiger partial charge is 0.319 e. The summed E-state index contributed by atoms with van der Waals surface area (Å²) in [4.78, 5) is 20.3. The molecule has 1 amide bonds. The largest absolute Gasteiger partial charge is 0.354 e. The zero-order valence-corrected chi connectivity index (χ0v) is 14.0. The third-order valence-corrected chi connectivity index (χ3v) is 5.05. The van der Waals surface area contributed by atoms with Crippen molar-refractivity contribution in [3.05, 3.63) is 18.2 Å². The van der Waals surface area contributed by atoms with Gasteiger partial charge in [-0.2, -0.15) is 8.78 Å².